The number of carbonyl (C=O) groups excluding carboxylic acids is 1. The Balaban J connectivity index is 2.12. The molecule has 1 aliphatic rings. The van der Waals surface area contributed by atoms with E-state index in [1.165, 1.54) is 28.2 Å². The second-order valence-corrected chi connectivity index (χ2v) is 5.63. The molecule has 0 fully saturated rings. The Morgan fingerprint density at radius 1 is 1.62 bits per heavy atom. The van der Waals surface area contributed by atoms with Crippen LogP contribution in [0.1, 0.15) is 47.6 Å². The van der Waals surface area contributed by atoms with Crippen molar-refractivity contribution in [1.82, 2.24) is 0 Å². The van der Waals surface area contributed by atoms with Crippen LogP contribution in [0.2, 0.25) is 0 Å². The predicted octanol–water partition coefficient (Wildman–Crippen LogP) is 3.29. The lowest BCUT2D eigenvalue weighted by atomic mass is 9.96. The van der Waals surface area contributed by atoms with Crippen molar-refractivity contribution in [1.29, 1.82) is 0 Å². The summed E-state index contributed by atoms with van der Waals surface area (Å²) in [7, 11) is 1.78. The Kier molecular flexibility index (Phi) is 3.77. The molecule has 1 aliphatic carbocycles. The fourth-order valence-corrected chi connectivity index (χ4v) is 3.50. The summed E-state index contributed by atoms with van der Waals surface area (Å²) in [5.74, 6) is 0.273. The second kappa shape index (κ2) is 5.11. The lowest BCUT2D eigenvalue weighted by molar-refractivity contribution is -0.116. The summed E-state index contributed by atoms with van der Waals surface area (Å²) < 4.78 is 5.50. The highest BCUT2D eigenvalue weighted by Gasteiger charge is 2.22. The SMILES string of the molecule is COC1CCCc2sc(CCC(C)=O)cc21. The third-order valence-electron chi connectivity index (χ3n) is 3.12. The Hall–Kier alpha value is -0.670. The van der Waals surface area contributed by atoms with Gasteiger partial charge in [0.15, 0.2) is 0 Å². The zero-order valence-electron chi connectivity index (χ0n) is 9.91. The van der Waals surface area contributed by atoms with E-state index in [1.54, 1.807) is 14.0 Å². The van der Waals surface area contributed by atoms with Crippen molar-refractivity contribution in [2.24, 2.45) is 0 Å². The first-order valence-electron chi connectivity index (χ1n) is 5.84. The molecule has 0 radical (unpaired) electrons. The summed E-state index contributed by atoms with van der Waals surface area (Å²) in [5.41, 5.74) is 1.37. The third kappa shape index (κ3) is 2.53. The van der Waals surface area contributed by atoms with Crippen molar-refractivity contribution >= 4 is 17.1 Å². The van der Waals surface area contributed by atoms with E-state index in [0.717, 1.165) is 12.8 Å². The van der Waals surface area contributed by atoms with Crippen molar-refractivity contribution in [3.8, 4) is 0 Å². The molecule has 0 bridgehead atoms. The fourth-order valence-electron chi connectivity index (χ4n) is 2.24. The van der Waals surface area contributed by atoms with Crippen LogP contribution in [0.5, 0.6) is 0 Å². The van der Waals surface area contributed by atoms with Gasteiger partial charge < -0.3 is 9.53 Å². The predicted molar refractivity (Wildman–Crippen MR) is 66.0 cm³/mol. The summed E-state index contributed by atoms with van der Waals surface area (Å²) in [5, 5.41) is 0. The molecular weight excluding hydrogens is 220 g/mol. The molecule has 2 nitrogen and oxygen atoms in total. The molecule has 0 saturated carbocycles. The molecule has 2 rings (SSSR count). The lowest BCUT2D eigenvalue weighted by Crippen LogP contribution is -2.08. The van der Waals surface area contributed by atoms with Crippen LogP contribution in [0.3, 0.4) is 0 Å². The van der Waals surface area contributed by atoms with Gasteiger partial charge in [0.05, 0.1) is 6.10 Å². The number of fused-ring (bicyclic) bond motifs is 1. The first kappa shape index (κ1) is 11.8. The highest BCUT2D eigenvalue weighted by molar-refractivity contribution is 7.12. The van der Waals surface area contributed by atoms with E-state index in [-0.39, 0.29) is 11.9 Å². The minimum atomic E-state index is 0.273. The Bertz CT molecular complexity index is 381. The lowest BCUT2D eigenvalue weighted by Gasteiger charge is -2.20. The van der Waals surface area contributed by atoms with Crippen LogP contribution in [0, 0.1) is 0 Å². The van der Waals surface area contributed by atoms with Crippen molar-refractivity contribution < 1.29 is 9.53 Å². The van der Waals surface area contributed by atoms with Gasteiger partial charge in [-0.25, -0.2) is 0 Å². The molecule has 0 spiro atoms. The number of hydrogen-bond acceptors (Lipinski definition) is 3. The summed E-state index contributed by atoms with van der Waals surface area (Å²) in [4.78, 5) is 13.8. The zero-order chi connectivity index (χ0) is 11.5. The number of rotatable bonds is 4. The normalized spacial score (nSPS) is 19.5. The molecule has 88 valence electrons. The van der Waals surface area contributed by atoms with Crippen LogP contribution < -0.4 is 0 Å². The van der Waals surface area contributed by atoms with Gasteiger partial charge in [-0.3, -0.25) is 0 Å². The van der Waals surface area contributed by atoms with Gasteiger partial charge in [0.1, 0.15) is 5.78 Å². The largest absolute Gasteiger partial charge is 0.377 e. The van der Waals surface area contributed by atoms with E-state index < -0.39 is 0 Å². The van der Waals surface area contributed by atoms with E-state index in [2.05, 4.69) is 6.07 Å². The van der Waals surface area contributed by atoms with Gasteiger partial charge in [0.2, 0.25) is 0 Å². The van der Waals surface area contributed by atoms with E-state index in [0.29, 0.717) is 6.42 Å². The molecule has 0 amide bonds. The monoisotopic (exact) mass is 238 g/mol. The quantitative estimate of drug-likeness (QED) is 0.804. The Morgan fingerprint density at radius 3 is 3.12 bits per heavy atom. The van der Waals surface area contributed by atoms with E-state index >= 15 is 0 Å². The van der Waals surface area contributed by atoms with Gasteiger partial charge in [-0.1, -0.05) is 0 Å². The maximum Gasteiger partial charge on any atom is 0.130 e. The summed E-state index contributed by atoms with van der Waals surface area (Å²) in [6.45, 7) is 1.66. The number of thiophene rings is 1. The highest BCUT2D eigenvalue weighted by Crippen LogP contribution is 2.37. The van der Waals surface area contributed by atoms with Crippen molar-refractivity contribution in [3.63, 3.8) is 0 Å². The number of ketones is 1. The number of aryl methyl sites for hydroxylation is 2. The molecule has 3 heteroatoms. The standard InChI is InChI=1S/C13H18O2S/c1-9(14)6-7-10-8-11-12(15-2)4-3-5-13(11)16-10/h8,12H,3-7H2,1-2H3. The first-order chi connectivity index (χ1) is 7.70. The molecule has 16 heavy (non-hydrogen) atoms. The van der Waals surface area contributed by atoms with Crippen LogP contribution in [0.4, 0.5) is 0 Å². The molecule has 1 heterocycles. The van der Waals surface area contributed by atoms with Gasteiger partial charge in [-0.05, 0) is 44.2 Å². The first-order valence-corrected chi connectivity index (χ1v) is 6.66. The minimum absolute atomic E-state index is 0.273. The molecule has 1 atom stereocenters. The van der Waals surface area contributed by atoms with Gasteiger partial charge >= 0.3 is 0 Å². The Morgan fingerprint density at radius 2 is 2.44 bits per heavy atom. The number of hydrogen-bond donors (Lipinski definition) is 0. The molecular formula is C13H18O2S. The molecule has 1 aromatic rings. The van der Waals surface area contributed by atoms with Crippen LogP contribution in [0.15, 0.2) is 6.07 Å². The second-order valence-electron chi connectivity index (χ2n) is 4.41. The third-order valence-corrected chi connectivity index (χ3v) is 4.39. The van der Waals surface area contributed by atoms with E-state index in [1.807, 2.05) is 11.3 Å². The average Bonchev–Trinajstić information content (AvgIpc) is 2.68. The topological polar surface area (TPSA) is 26.3 Å². The van der Waals surface area contributed by atoms with Crippen LogP contribution in [-0.4, -0.2) is 12.9 Å². The Labute approximate surface area is 101 Å². The van der Waals surface area contributed by atoms with Crippen molar-refractivity contribution in [2.75, 3.05) is 7.11 Å². The van der Waals surface area contributed by atoms with E-state index in [4.69, 9.17) is 4.74 Å². The van der Waals surface area contributed by atoms with Crippen LogP contribution in [0.25, 0.3) is 0 Å². The number of methoxy groups -OCH3 is 1. The molecule has 0 aliphatic heterocycles. The van der Waals surface area contributed by atoms with Gasteiger partial charge in [0.25, 0.3) is 0 Å². The maximum atomic E-state index is 11.0. The number of carbonyl (C=O) groups is 1. The number of Topliss-reactive ketones (excluding diaryl/α,β-unsaturated/α-hetero) is 1. The van der Waals surface area contributed by atoms with Gasteiger partial charge in [-0.15, -0.1) is 11.3 Å². The average molecular weight is 238 g/mol. The molecule has 1 aromatic heterocycles. The molecule has 1 unspecified atom stereocenters. The van der Waals surface area contributed by atoms with Crippen LogP contribution in [-0.2, 0) is 22.4 Å². The van der Waals surface area contributed by atoms with Gasteiger partial charge in [0, 0.05) is 23.3 Å². The van der Waals surface area contributed by atoms with Crippen LogP contribution >= 0.6 is 11.3 Å². The van der Waals surface area contributed by atoms with Crippen molar-refractivity contribution in [3.05, 3.63) is 21.4 Å². The van der Waals surface area contributed by atoms with Gasteiger partial charge in [-0.2, -0.15) is 0 Å². The maximum absolute atomic E-state index is 11.0. The summed E-state index contributed by atoms with van der Waals surface area (Å²) in [6.07, 6.45) is 5.37. The zero-order valence-corrected chi connectivity index (χ0v) is 10.7. The minimum Gasteiger partial charge on any atom is -0.377 e. The van der Waals surface area contributed by atoms with E-state index in [9.17, 15) is 4.79 Å². The smallest absolute Gasteiger partial charge is 0.130 e. The molecule has 0 N–H and O–H groups in total. The fraction of sp³-hybridized carbons (Fsp3) is 0.615. The number of ether oxygens (including phenoxy) is 1. The molecule has 0 aromatic carbocycles. The summed E-state index contributed by atoms with van der Waals surface area (Å²) in [6, 6.07) is 2.25. The van der Waals surface area contributed by atoms with Crippen molar-refractivity contribution in [2.45, 2.75) is 45.1 Å². The summed E-state index contributed by atoms with van der Waals surface area (Å²) >= 11 is 1.86. The highest BCUT2D eigenvalue weighted by atomic mass is 32.1. The molecule has 0 saturated heterocycles.